The minimum atomic E-state index is -4.96. The zero-order valence-electron chi connectivity index (χ0n) is 20.4. The van der Waals surface area contributed by atoms with Crippen molar-refractivity contribution in [2.45, 2.75) is 26.3 Å². The molecule has 1 aromatic heterocycles. The van der Waals surface area contributed by atoms with Crippen molar-refractivity contribution in [3.63, 3.8) is 0 Å². The Hall–Kier alpha value is -4.54. The monoisotopic (exact) mass is 528 g/mol. The van der Waals surface area contributed by atoms with Crippen LogP contribution in [0.3, 0.4) is 0 Å². The number of hydrogen-bond donors (Lipinski definition) is 1. The van der Waals surface area contributed by atoms with Gasteiger partial charge in [-0.25, -0.2) is 0 Å². The van der Waals surface area contributed by atoms with Gasteiger partial charge in [-0.1, -0.05) is 6.07 Å². The molecular formula is C27H23F3N2O6. The van der Waals surface area contributed by atoms with Crippen LogP contribution in [0.25, 0.3) is 5.76 Å². The molecule has 0 saturated carbocycles. The zero-order chi connectivity index (χ0) is 27.4. The van der Waals surface area contributed by atoms with Gasteiger partial charge in [-0.05, 0) is 55.8 Å². The van der Waals surface area contributed by atoms with E-state index in [1.165, 1.54) is 42.7 Å². The first-order valence-electron chi connectivity index (χ1n) is 11.6. The molecule has 198 valence electrons. The molecule has 11 heteroatoms. The average Bonchev–Trinajstić information content (AvgIpc) is 3.14. The number of halogens is 3. The summed E-state index contributed by atoms with van der Waals surface area (Å²) in [6, 6.07) is 11.2. The SMILES string of the molecule is CCOc1ccc(/C(O)=C2/C(=O)C(=O)N(c3cccc(OC(F)(F)F)c3)C2c2ccncc2)c(OCC)c1. The van der Waals surface area contributed by atoms with E-state index >= 15 is 0 Å². The summed E-state index contributed by atoms with van der Waals surface area (Å²) in [7, 11) is 0. The summed E-state index contributed by atoms with van der Waals surface area (Å²) in [6.45, 7) is 4.17. The van der Waals surface area contributed by atoms with Crippen LogP contribution in [0.4, 0.5) is 18.9 Å². The number of aliphatic hydroxyl groups excluding tert-OH is 1. The van der Waals surface area contributed by atoms with Crippen molar-refractivity contribution in [3.8, 4) is 17.2 Å². The van der Waals surface area contributed by atoms with Gasteiger partial charge in [-0.2, -0.15) is 0 Å². The van der Waals surface area contributed by atoms with Gasteiger partial charge in [0.25, 0.3) is 11.7 Å². The van der Waals surface area contributed by atoms with Crippen molar-refractivity contribution < 1.29 is 42.1 Å². The standard InChI is InChI=1S/C27H23F3N2O6/c1-3-36-18-8-9-20(21(15-18)37-4-2)24(33)22-23(16-10-12-31-13-11-16)32(26(35)25(22)34)17-6-5-7-19(14-17)38-27(28,29)30/h5-15,23,33H,3-4H2,1-2H3/b24-22-. The highest BCUT2D eigenvalue weighted by molar-refractivity contribution is 6.51. The Labute approximate surface area is 215 Å². The third kappa shape index (κ3) is 5.41. The van der Waals surface area contributed by atoms with Gasteiger partial charge in [0, 0.05) is 30.2 Å². The van der Waals surface area contributed by atoms with Crippen LogP contribution in [-0.4, -0.2) is 41.4 Å². The molecule has 0 bridgehead atoms. The highest BCUT2D eigenvalue weighted by Gasteiger charge is 2.47. The molecule has 1 N–H and O–H groups in total. The number of aromatic nitrogens is 1. The molecule has 0 aliphatic carbocycles. The number of pyridine rings is 1. The molecule has 38 heavy (non-hydrogen) atoms. The molecule has 1 unspecified atom stereocenters. The fourth-order valence-corrected chi connectivity index (χ4v) is 4.17. The van der Waals surface area contributed by atoms with Gasteiger partial charge in [0.1, 0.15) is 23.0 Å². The van der Waals surface area contributed by atoms with E-state index in [2.05, 4.69) is 9.72 Å². The Balaban J connectivity index is 1.90. The Bertz CT molecular complexity index is 1370. The Morgan fingerprint density at radius 1 is 0.974 bits per heavy atom. The molecule has 0 radical (unpaired) electrons. The maximum absolute atomic E-state index is 13.3. The number of aliphatic hydroxyl groups is 1. The third-order valence-electron chi connectivity index (χ3n) is 5.61. The van der Waals surface area contributed by atoms with Crippen LogP contribution in [0.5, 0.6) is 17.2 Å². The van der Waals surface area contributed by atoms with Gasteiger partial charge in [0.15, 0.2) is 0 Å². The molecule has 8 nitrogen and oxygen atoms in total. The summed E-state index contributed by atoms with van der Waals surface area (Å²) < 4.78 is 53.7. The van der Waals surface area contributed by atoms with Crippen LogP contribution >= 0.6 is 0 Å². The van der Waals surface area contributed by atoms with Crippen LogP contribution in [0.2, 0.25) is 0 Å². The number of benzene rings is 2. The molecule has 0 spiro atoms. The molecule has 2 heterocycles. The minimum Gasteiger partial charge on any atom is -0.507 e. The van der Waals surface area contributed by atoms with Crippen molar-refractivity contribution in [2.75, 3.05) is 18.1 Å². The van der Waals surface area contributed by atoms with E-state index in [-0.39, 0.29) is 29.2 Å². The average molecular weight is 528 g/mol. The van der Waals surface area contributed by atoms with E-state index in [0.29, 0.717) is 17.9 Å². The Kier molecular flexibility index (Phi) is 7.56. The summed E-state index contributed by atoms with van der Waals surface area (Å²) in [5, 5.41) is 11.4. The highest BCUT2D eigenvalue weighted by Crippen LogP contribution is 2.44. The molecule has 4 rings (SSSR count). The zero-order valence-corrected chi connectivity index (χ0v) is 20.4. The number of amides is 1. The third-order valence-corrected chi connectivity index (χ3v) is 5.61. The van der Waals surface area contributed by atoms with Gasteiger partial charge in [0.05, 0.1) is 30.4 Å². The smallest absolute Gasteiger partial charge is 0.507 e. The second-order valence-corrected chi connectivity index (χ2v) is 8.02. The van der Waals surface area contributed by atoms with Gasteiger partial charge >= 0.3 is 6.36 Å². The van der Waals surface area contributed by atoms with E-state index in [1.54, 1.807) is 26.0 Å². The first-order valence-corrected chi connectivity index (χ1v) is 11.6. The van der Waals surface area contributed by atoms with Gasteiger partial charge in [0.2, 0.25) is 0 Å². The maximum Gasteiger partial charge on any atom is 0.573 e. The predicted molar refractivity (Wildman–Crippen MR) is 131 cm³/mol. The number of ether oxygens (including phenoxy) is 3. The number of hydrogen-bond acceptors (Lipinski definition) is 7. The largest absolute Gasteiger partial charge is 0.573 e. The van der Waals surface area contributed by atoms with Crippen molar-refractivity contribution >= 4 is 23.1 Å². The maximum atomic E-state index is 13.3. The highest BCUT2D eigenvalue weighted by atomic mass is 19.4. The second-order valence-electron chi connectivity index (χ2n) is 8.02. The lowest BCUT2D eigenvalue weighted by atomic mass is 9.95. The second kappa shape index (κ2) is 10.8. The molecule has 1 amide bonds. The summed E-state index contributed by atoms with van der Waals surface area (Å²) in [5.74, 6) is -2.46. The van der Waals surface area contributed by atoms with Crippen LogP contribution in [0, 0.1) is 0 Å². The quantitative estimate of drug-likeness (QED) is 0.237. The Morgan fingerprint density at radius 2 is 1.68 bits per heavy atom. The number of nitrogens with zero attached hydrogens (tertiary/aromatic N) is 2. The lowest BCUT2D eigenvalue weighted by Crippen LogP contribution is -2.29. The van der Waals surface area contributed by atoms with E-state index < -0.39 is 35.6 Å². The summed E-state index contributed by atoms with van der Waals surface area (Å²) in [5.41, 5.74) is 0.230. The van der Waals surface area contributed by atoms with Gasteiger partial charge < -0.3 is 19.3 Å². The van der Waals surface area contributed by atoms with Crippen LogP contribution < -0.4 is 19.1 Å². The molecule has 1 saturated heterocycles. The number of Topliss-reactive ketones (excluding diaryl/α,β-unsaturated/α-hetero) is 1. The number of ketones is 1. The number of alkyl halides is 3. The number of rotatable bonds is 8. The predicted octanol–water partition coefficient (Wildman–Crippen LogP) is 5.40. The fraction of sp³-hybridized carbons (Fsp3) is 0.222. The van der Waals surface area contributed by atoms with Gasteiger partial charge in [-0.3, -0.25) is 19.5 Å². The number of carbonyl (C=O) groups excluding carboxylic acids is 2. The lowest BCUT2D eigenvalue weighted by molar-refractivity contribution is -0.274. The molecular weight excluding hydrogens is 505 g/mol. The van der Waals surface area contributed by atoms with Crippen molar-refractivity contribution in [1.29, 1.82) is 0 Å². The first kappa shape index (κ1) is 26.5. The van der Waals surface area contributed by atoms with Crippen LogP contribution in [0.15, 0.2) is 72.6 Å². The van der Waals surface area contributed by atoms with E-state index in [9.17, 15) is 27.9 Å². The summed E-state index contributed by atoms with van der Waals surface area (Å²) in [4.78, 5) is 31.6. The Morgan fingerprint density at radius 3 is 2.34 bits per heavy atom. The summed E-state index contributed by atoms with van der Waals surface area (Å²) >= 11 is 0. The molecule has 1 fully saturated rings. The van der Waals surface area contributed by atoms with Gasteiger partial charge in [-0.15, -0.1) is 13.2 Å². The van der Waals surface area contributed by atoms with E-state index in [1.807, 2.05) is 0 Å². The lowest BCUT2D eigenvalue weighted by Gasteiger charge is -2.26. The van der Waals surface area contributed by atoms with E-state index in [4.69, 9.17) is 9.47 Å². The fourth-order valence-electron chi connectivity index (χ4n) is 4.17. The van der Waals surface area contributed by atoms with Crippen LogP contribution in [0.1, 0.15) is 31.0 Å². The molecule has 3 aromatic rings. The minimum absolute atomic E-state index is 0.0357. The topological polar surface area (TPSA) is 98.2 Å². The van der Waals surface area contributed by atoms with Crippen molar-refractivity contribution in [1.82, 2.24) is 4.98 Å². The molecule has 2 aromatic carbocycles. The first-order chi connectivity index (χ1) is 18.1. The number of carbonyl (C=O) groups is 2. The molecule has 1 aliphatic heterocycles. The summed E-state index contributed by atoms with van der Waals surface area (Å²) in [6.07, 6.45) is -2.09. The molecule has 1 atom stereocenters. The van der Waals surface area contributed by atoms with E-state index in [0.717, 1.165) is 17.0 Å². The van der Waals surface area contributed by atoms with Crippen molar-refractivity contribution in [2.24, 2.45) is 0 Å². The normalized spacial score (nSPS) is 17.0. The van der Waals surface area contributed by atoms with Crippen molar-refractivity contribution in [3.05, 3.63) is 83.7 Å². The number of anilines is 1. The van der Waals surface area contributed by atoms with Crippen LogP contribution in [-0.2, 0) is 9.59 Å². The molecule has 1 aliphatic rings.